The van der Waals surface area contributed by atoms with Crippen LogP contribution in [0.2, 0.25) is 0 Å². The van der Waals surface area contributed by atoms with Crippen molar-refractivity contribution in [2.75, 3.05) is 20.2 Å². The third-order valence-corrected chi connectivity index (χ3v) is 5.36. The second-order valence-corrected chi connectivity index (χ2v) is 8.32. The number of ether oxygens (including phenoxy) is 1. The molecule has 0 aromatic heterocycles. The van der Waals surface area contributed by atoms with Crippen molar-refractivity contribution >= 4 is 19.0 Å². The molecule has 3 aromatic carbocycles. The number of hydrogen-bond acceptors (Lipinski definition) is 4. The predicted molar refractivity (Wildman–Crippen MR) is 128 cm³/mol. The van der Waals surface area contributed by atoms with Crippen LogP contribution >= 0.6 is 7.82 Å². The molecule has 3 rings (SSSR count). The maximum absolute atomic E-state index is 11.2. The maximum atomic E-state index is 11.2. The van der Waals surface area contributed by atoms with Gasteiger partial charge in [-0.2, -0.15) is 0 Å². The Morgan fingerprint density at radius 1 is 0.844 bits per heavy atom. The lowest BCUT2D eigenvalue weighted by Crippen LogP contribution is -2.15. The van der Waals surface area contributed by atoms with Gasteiger partial charge in [0.2, 0.25) is 0 Å². The first-order valence-corrected chi connectivity index (χ1v) is 12.0. The summed E-state index contributed by atoms with van der Waals surface area (Å²) < 4.78 is 21.6. The molecule has 7 heteroatoms. The number of phosphoric ester groups is 1. The van der Waals surface area contributed by atoms with Crippen LogP contribution in [0.5, 0.6) is 11.5 Å². The fraction of sp³-hybridized carbons (Fsp3) is 0.200. The van der Waals surface area contributed by atoms with Crippen molar-refractivity contribution in [2.24, 2.45) is 0 Å². The number of rotatable bonds is 10. The van der Waals surface area contributed by atoms with Gasteiger partial charge < -0.3 is 14.6 Å². The van der Waals surface area contributed by atoms with E-state index in [-0.39, 0.29) is 5.75 Å². The van der Waals surface area contributed by atoms with E-state index in [0.717, 1.165) is 46.6 Å². The largest absolute Gasteiger partial charge is 0.524 e. The van der Waals surface area contributed by atoms with Gasteiger partial charge in [-0.05, 0) is 65.6 Å². The van der Waals surface area contributed by atoms with Crippen LogP contribution in [0, 0.1) is 0 Å². The summed E-state index contributed by atoms with van der Waals surface area (Å²) in [5.74, 6) is 0.916. The van der Waals surface area contributed by atoms with Crippen molar-refractivity contribution in [3.8, 4) is 11.5 Å². The maximum Gasteiger partial charge on any atom is 0.524 e. The molecule has 0 radical (unpaired) electrons. The average molecular weight is 453 g/mol. The van der Waals surface area contributed by atoms with Crippen LogP contribution in [0.25, 0.3) is 11.1 Å². The van der Waals surface area contributed by atoms with Crippen molar-refractivity contribution in [1.29, 1.82) is 0 Å². The molecule has 0 heterocycles. The molecule has 3 aromatic rings. The van der Waals surface area contributed by atoms with Gasteiger partial charge in [0.1, 0.15) is 18.1 Å². The number of hydrogen-bond donors (Lipinski definition) is 3. The van der Waals surface area contributed by atoms with Gasteiger partial charge in [0.25, 0.3) is 0 Å². The van der Waals surface area contributed by atoms with Gasteiger partial charge in [0.05, 0.1) is 0 Å². The molecule has 0 aliphatic rings. The van der Waals surface area contributed by atoms with E-state index >= 15 is 0 Å². The predicted octanol–water partition coefficient (Wildman–Crippen LogP) is 5.13. The van der Waals surface area contributed by atoms with Crippen molar-refractivity contribution in [3.63, 3.8) is 0 Å². The highest BCUT2D eigenvalue weighted by atomic mass is 31.2. The zero-order valence-corrected chi connectivity index (χ0v) is 19.1. The Balaban J connectivity index is 2.04. The topological polar surface area (TPSA) is 88.0 Å². The first-order chi connectivity index (χ1) is 15.4. The molecule has 0 saturated heterocycles. The zero-order valence-electron chi connectivity index (χ0n) is 18.2. The van der Waals surface area contributed by atoms with E-state index in [9.17, 15) is 4.57 Å². The summed E-state index contributed by atoms with van der Waals surface area (Å²) in [7, 11) is -2.72. The molecule has 0 spiro atoms. The monoisotopic (exact) mass is 453 g/mol. The molecular weight excluding hydrogens is 425 g/mol. The second kappa shape index (κ2) is 11.1. The van der Waals surface area contributed by atoms with Crippen LogP contribution < -0.4 is 14.6 Å². The minimum absolute atomic E-state index is 0.118. The fourth-order valence-electron chi connectivity index (χ4n) is 3.49. The molecule has 0 unspecified atom stereocenters. The van der Waals surface area contributed by atoms with Crippen LogP contribution in [0.15, 0.2) is 78.9 Å². The third kappa shape index (κ3) is 6.55. The van der Waals surface area contributed by atoms with Gasteiger partial charge in [-0.25, -0.2) is 4.57 Å². The second-order valence-electron chi connectivity index (χ2n) is 7.16. The minimum Gasteiger partial charge on any atom is -0.492 e. The van der Waals surface area contributed by atoms with E-state index in [1.807, 2.05) is 61.6 Å². The van der Waals surface area contributed by atoms with Crippen molar-refractivity contribution in [1.82, 2.24) is 5.32 Å². The summed E-state index contributed by atoms with van der Waals surface area (Å²) in [6.45, 7) is 3.47. The Kier molecular flexibility index (Phi) is 8.26. The van der Waals surface area contributed by atoms with Crippen LogP contribution in [0.3, 0.4) is 0 Å². The highest BCUT2D eigenvalue weighted by Gasteiger charge is 2.17. The van der Waals surface area contributed by atoms with Gasteiger partial charge >= 0.3 is 7.82 Å². The highest BCUT2D eigenvalue weighted by Crippen LogP contribution is 2.39. The molecule has 0 fully saturated rings. The number of benzene rings is 3. The first kappa shape index (κ1) is 23.8. The summed E-state index contributed by atoms with van der Waals surface area (Å²) >= 11 is 0. The Morgan fingerprint density at radius 3 is 1.91 bits per heavy atom. The van der Waals surface area contributed by atoms with Gasteiger partial charge in [-0.3, -0.25) is 9.79 Å². The molecule has 0 atom stereocenters. The third-order valence-electron chi connectivity index (χ3n) is 4.91. The number of likely N-dealkylation sites (N-methyl/N-ethyl adjacent to an activating group) is 1. The van der Waals surface area contributed by atoms with Crippen LogP contribution in [0.1, 0.15) is 30.0 Å². The molecule has 0 bridgehead atoms. The lowest BCUT2D eigenvalue weighted by molar-refractivity contribution is 0.283. The Morgan fingerprint density at radius 2 is 1.41 bits per heavy atom. The molecule has 6 nitrogen and oxygen atoms in total. The van der Waals surface area contributed by atoms with Crippen molar-refractivity contribution in [2.45, 2.75) is 13.3 Å². The van der Waals surface area contributed by atoms with Crippen molar-refractivity contribution < 1.29 is 23.6 Å². The first-order valence-electron chi connectivity index (χ1n) is 10.4. The molecule has 32 heavy (non-hydrogen) atoms. The van der Waals surface area contributed by atoms with Gasteiger partial charge in [0.15, 0.2) is 0 Å². The number of phosphoric acid groups is 1. The Bertz CT molecular complexity index is 1070. The van der Waals surface area contributed by atoms with E-state index in [4.69, 9.17) is 19.0 Å². The lowest BCUT2D eigenvalue weighted by Gasteiger charge is -2.17. The molecule has 0 aliphatic carbocycles. The quantitative estimate of drug-likeness (QED) is 0.224. The van der Waals surface area contributed by atoms with Gasteiger partial charge in [0, 0.05) is 6.54 Å². The summed E-state index contributed by atoms with van der Waals surface area (Å²) in [6.07, 6.45) is 0.806. The van der Waals surface area contributed by atoms with E-state index in [1.54, 1.807) is 12.1 Å². The van der Waals surface area contributed by atoms with E-state index in [2.05, 4.69) is 24.4 Å². The van der Waals surface area contributed by atoms with Crippen LogP contribution in [-0.4, -0.2) is 30.0 Å². The van der Waals surface area contributed by atoms with Crippen molar-refractivity contribution in [3.05, 3.63) is 95.6 Å². The normalized spacial score (nSPS) is 12.2. The fourth-order valence-corrected chi connectivity index (χ4v) is 3.88. The Hall–Kier alpha value is -2.89. The minimum atomic E-state index is -4.60. The number of nitrogens with one attached hydrogen (secondary N) is 1. The average Bonchev–Trinajstić information content (AvgIpc) is 2.78. The van der Waals surface area contributed by atoms with Crippen LogP contribution in [0.4, 0.5) is 0 Å². The standard InChI is InChI=1S/C25H28NO5P/c1-3-24(19-7-5-4-6-8-19)25(20-9-13-22(14-10-20)30-18-17-26-2)21-11-15-23(16-12-21)31-32(27,28)29/h4-16,26H,3,17-18H2,1-2H3,(H2,27,28,29)/b25-24-. The van der Waals surface area contributed by atoms with E-state index in [0.29, 0.717) is 6.61 Å². The number of allylic oxidation sites excluding steroid dienone is 1. The van der Waals surface area contributed by atoms with E-state index in [1.165, 1.54) is 0 Å². The lowest BCUT2D eigenvalue weighted by atomic mass is 9.88. The molecular formula is C25H28NO5P. The smallest absolute Gasteiger partial charge is 0.492 e. The van der Waals surface area contributed by atoms with E-state index < -0.39 is 7.82 Å². The highest BCUT2D eigenvalue weighted by molar-refractivity contribution is 7.46. The van der Waals surface area contributed by atoms with Gasteiger partial charge in [-0.15, -0.1) is 0 Å². The summed E-state index contributed by atoms with van der Waals surface area (Å²) in [4.78, 5) is 18.1. The molecule has 0 saturated carbocycles. The summed E-state index contributed by atoms with van der Waals surface area (Å²) in [5.41, 5.74) is 5.28. The summed E-state index contributed by atoms with van der Waals surface area (Å²) in [5, 5.41) is 3.06. The molecule has 3 N–H and O–H groups in total. The molecule has 168 valence electrons. The zero-order chi connectivity index (χ0) is 23.0. The molecule has 0 aliphatic heterocycles. The Labute approximate surface area is 188 Å². The van der Waals surface area contributed by atoms with Crippen LogP contribution in [-0.2, 0) is 4.57 Å². The van der Waals surface area contributed by atoms with Gasteiger partial charge in [-0.1, -0.05) is 61.5 Å². The molecule has 0 amide bonds. The SMILES string of the molecule is CC/C(=C(\c1ccc(OCCNC)cc1)c1ccc(OP(=O)(O)O)cc1)c1ccccc1. The summed E-state index contributed by atoms with van der Waals surface area (Å²) in [6, 6.07) is 24.9.